The van der Waals surface area contributed by atoms with Crippen LogP contribution in [0.1, 0.15) is 30.5 Å². The number of nitrogens with one attached hydrogen (secondary N) is 2. The van der Waals surface area contributed by atoms with Gasteiger partial charge in [0, 0.05) is 53.5 Å². The Labute approximate surface area is 245 Å². The Morgan fingerprint density at radius 2 is 1.68 bits per heavy atom. The number of hydrogen-bond acceptors (Lipinski definition) is 5. The standard InChI is InChI=1S/C35H37N4OP/c1-24(19-33(32-15-8-9-16-34(32)40)39-26(3)35(41-5)23-36-4)37-22-27-11-10-14-31(20-27)38-25(2)29-18-17-28-12-6-7-13-30(28)21-29/h6-21,23,37-38,40-41H,2,22H2,1,3-5H3/b24-19+,35-26-,36-23?,39-33+. The van der Waals surface area contributed by atoms with E-state index in [1.807, 2.05) is 62.5 Å². The first kappa shape index (κ1) is 29.5. The molecule has 1 atom stereocenters. The molecule has 0 aliphatic rings. The van der Waals surface area contributed by atoms with Gasteiger partial charge in [-0.05, 0) is 78.8 Å². The minimum atomic E-state index is 0.193. The molecule has 5 nitrogen and oxygen atoms in total. The molecule has 0 radical (unpaired) electrons. The van der Waals surface area contributed by atoms with Crippen LogP contribution >= 0.6 is 8.58 Å². The maximum absolute atomic E-state index is 10.6. The fraction of sp³-hybridized carbons (Fsp3) is 0.143. The highest BCUT2D eigenvalue weighted by atomic mass is 31.1. The van der Waals surface area contributed by atoms with Crippen molar-refractivity contribution in [1.29, 1.82) is 0 Å². The van der Waals surface area contributed by atoms with Crippen LogP contribution in [0.3, 0.4) is 0 Å². The molecule has 4 aromatic rings. The zero-order valence-corrected chi connectivity index (χ0v) is 25.1. The Hall–Kier alpha value is -4.47. The van der Waals surface area contributed by atoms with Gasteiger partial charge in [-0.1, -0.05) is 75.8 Å². The van der Waals surface area contributed by atoms with E-state index in [9.17, 15) is 5.11 Å². The van der Waals surface area contributed by atoms with Crippen molar-refractivity contribution in [3.8, 4) is 5.75 Å². The average molecular weight is 561 g/mol. The van der Waals surface area contributed by atoms with Crippen LogP contribution in [0.25, 0.3) is 16.5 Å². The second-order valence-corrected chi connectivity index (χ2v) is 10.7. The number of hydrogen-bond donors (Lipinski definition) is 3. The number of anilines is 1. The summed E-state index contributed by atoms with van der Waals surface area (Å²) in [5.41, 5.74) is 7.19. The number of allylic oxidation sites excluding steroid dienone is 4. The van der Waals surface area contributed by atoms with Gasteiger partial charge in [-0.2, -0.15) is 0 Å². The molecule has 0 heterocycles. The van der Waals surface area contributed by atoms with Gasteiger partial charge in [0.1, 0.15) is 5.75 Å². The second-order valence-electron chi connectivity index (χ2n) is 9.70. The van der Waals surface area contributed by atoms with Gasteiger partial charge in [-0.25, -0.2) is 0 Å². The Balaban J connectivity index is 1.50. The molecule has 0 aliphatic carbocycles. The third kappa shape index (κ3) is 8.03. The van der Waals surface area contributed by atoms with Crippen molar-refractivity contribution < 1.29 is 5.11 Å². The highest BCUT2D eigenvalue weighted by molar-refractivity contribution is 7.43. The minimum Gasteiger partial charge on any atom is -0.507 e. The van der Waals surface area contributed by atoms with Crippen LogP contribution in [0.2, 0.25) is 0 Å². The first-order valence-electron chi connectivity index (χ1n) is 13.5. The summed E-state index contributed by atoms with van der Waals surface area (Å²) < 4.78 is 0. The predicted octanol–water partition coefficient (Wildman–Crippen LogP) is 8.35. The van der Waals surface area contributed by atoms with Gasteiger partial charge >= 0.3 is 0 Å². The smallest absolute Gasteiger partial charge is 0.124 e. The highest BCUT2D eigenvalue weighted by Crippen LogP contribution is 2.25. The van der Waals surface area contributed by atoms with E-state index < -0.39 is 0 Å². The summed E-state index contributed by atoms with van der Waals surface area (Å²) in [4.78, 5) is 9.07. The van der Waals surface area contributed by atoms with Crippen molar-refractivity contribution in [3.63, 3.8) is 0 Å². The van der Waals surface area contributed by atoms with E-state index in [2.05, 4.69) is 77.4 Å². The molecule has 41 heavy (non-hydrogen) atoms. The maximum atomic E-state index is 10.6. The first-order valence-corrected chi connectivity index (χ1v) is 15.0. The lowest BCUT2D eigenvalue weighted by Crippen LogP contribution is -2.13. The van der Waals surface area contributed by atoms with Crippen LogP contribution in [-0.2, 0) is 6.54 Å². The molecule has 0 aliphatic heterocycles. The molecule has 4 aromatic carbocycles. The monoisotopic (exact) mass is 560 g/mol. The van der Waals surface area contributed by atoms with Crippen molar-refractivity contribution in [2.45, 2.75) is 20.4 Å². The van der Waals surface area contributed by atoms with E-state index in [-0.39, 0.29) is 5.75 Å². The van der Waals surface area contributed by atoms with Crippen molar-refractivity contribution >= 4 is 42.7 Å². The number of aromatic hydroxyl groups is 1. The van der Waals surface area contributed by atoms with Crippen molar-refractivity contribution in [1.82, 2.24) is 5.32 Å². The van der Waals surface area contributed by atoms with Crippen LogP contribution in [0.15, 0.2) is 130 Å². The van der Waals surface area contributed by atoms with Gasteiger partial charge < -0.3 is 15.7 Å². The summed E-state index contributed by atoms with van der Waals surface area (Å²) in [5, 5.41) is 21.0. The molecule has 208 valence electrons. The van der Waals surface area contributed by atoms with Crippen molar-refractivity contribution in [2.24, 2.45) is 9.98 Å². The summed E-state index contributed by atoms with van der Waals surface area (Å²) in [7, 11) is 2.33. The van der Waals surface area contributed by atoms with Gasteiger partial charge in [0.2, 0.25) is 0 Å². The zero-order chi connectivity index (χ0) is 29.2. The molecule has 6 heteroatoms. The second kappa shape index (κ2) is 14.2. The van der Waals surface area contributed by atoms with Crippen LogP contribution in [-0.4, -0.2) is 30.7 Å². The number of fused-ring (bicyclic) bond motifs is 1. The molecule has 0 bridgehead atoms. The van der Waals surface area contributed by atoms with E-state index in [4.69, 9.17) is 4.99 Å². The Kier molecular flexibility index (Phi) is 10.3. The Bertz CT molecular complexity index is 1670. The number of para-hydroxylation sites is 1. The number of phenols is 1. The molecular formula is C35H37N4OP. The number of phenolic OH excluding ortho intramolecular Hbond substituents is 1. The molecule has 3 N–H and O–H groups in total. The van der Waals surface area contributed by atoms with E-state index >= 15 is 0 Å². The fourth-order valence-electron chi connectivity index (χ4n) is 4.45. The summed E-state index contributed by atoms with van der Waals surface area (Å²) in [6, 6.07) is 30.3. The summed E-state index contributed by atoms with van der Waals surface area (Å²) in [6.45, 7) is 11.0. The first-order chi connectivity index (χ1) is 19.9. The Morgan fingerprint density at radius 3 is 2.44 bits per heavy atom. The molecule has 0 saturated heterocycles. The third-order valence-electron chi connectivity index (χ3n) is 6.63. The molecule has 0 spiro atoms. The molecular weight excluding hydrogens is 523 g/mol. The van der Waals surface area contributed by atoms with Gasteiger partial charge in [-0.3, -0.25) is 9.98 Å². The quantitative estimate of drug-likeness (QED) is 0.128. The van der Waals surface area contributed by atoms with Crippen LogP contribution in [0.5, 0.6) is 5.75 Å². The van der Waals surface area contributed by atoms with E-state index in [0.717, 1.165) is 39.2 Å². The topological polar surface area (TPSA) is 69.0 Å². The number of benzene rings is 4. The largest absolute Gasteiger partial charge is 0.507 e. The number of rotatable bonds is 11. The van der Waals surface area contributed by atoms with E-state index in [0.29, 0.717) is 26.4 Å². The maximum Gasteiger partial charge on any atom is 0.124 e. The molecule has 0 aromatic heterocycles. The van der Waals surface area contributed by atoms with Gasteiger partial charge in [0.15, 0.2) is 0 Å². The Morgan fingerprint density at radius 1 is 0.927 bits per heavy atom. The van der Waals surface area contributed by atoms with Crippen LogP contribution in [0, 0.1) is 0 Å². The molecule has 0 saturated carbocycles. The molecule has 0 fully saturated rings. The number of nitrogens with zero attached hydrogens (tertiary/aromatic N) is 2. The summed E-state index contributed by atoms with van der Waals surface area (Å²) in [6.07, 6.45) is 3.83. The third-order valence-corrected chi connectivity index (χ3v) is 7.66. The minimum absolute atomic E-state index is 0.193. The highest BCUT2D eigenvalue weighted by Gasteiger charge is 2.09. The lowest BCUT2D eigenvalue weighted by Gasteiger charge is -2.13. The van der Waals surface area contributed by atoms with E-state index in [1.165, 1.54) is 10.8 Å². The molecule has 1 unspecified atom stereocenters. The molecule has 0 amide bonds. The zero-order valence-electron chi connectivity index (χ0n) is 24.1. The van der Waals surface area contributed by atoms with Crippen LogP contribution < -0.4 is 10.6 Å². The van der Waals surface area contributed by atoms with Crippen LogP contribution in [0.4, 0.5) is 5.69 Å². The summed E-state index contributed by atoms with van der Waals surface area (Å²) in [5.74, 6) is 0.193. The van der Waals surface area contributed by atoms with Crippen molar-refractivity contribution in [3.05, 3.63) is 137 Å². The van der Waals surface area contributed by atoms with Gasteiger partial charge in [0.25, 0.3) is 0 Å². The molecule has 4 rings (SSSR count). The SMILES string of the molecule is C=C(Nc1cccc(CN/C(C)=C/C(=N\C(C)=C(\C=NC)PC)c2ccccc2O)c1)c1ccc2ccccc2c1. The lowest BCUT2D eigenvalue weighted by molar-refractivity contribution is 0.474. The average Bonchev–Trinajstić information content (AvgIpc) is 2.98. The predicted molar refractivity (Wildman–Crippen MR) is 180 cm³/mol. The number of aliphatic imine (C=N–C) groups is 2. The lowest BCUT2D eigenvalue weighted by atomic mass is 10.1. The van der Waals surface area contributed by atoms with Crippen molar-refractivity contribution in [2.75, 3.05) is 19.0 Å². The normalized spacial score (nSPS) is 13.2. The fourth-order valence-corrected chi connectivity index (χ4v) is 5.13. The van der Waals surface area contributed by atoms with Gasteiger partial charge in [-0.15, -0.1) is 0 Å². The van der Waals surface area contributed by atoms with Gasteiger partial charge in [0.05, 0.1) is 5.71 Å². The summed E-state index contributed by atoms with van der Waals surface area (Å²) >= 11 is 0. The van der Waals surface area contributed by atoms with E-state index in [1.54, 1.807) is 13.1 Å².